The van der Waals surface area contributed by atoms with Crippen molar-refractivity contribution in [2.75, 3.05) is 5.32 Å². The van der Waals surface area contributed by atoms with Crippen LogP contribution in [0, 0.1) is 24.0 Å². The summed E-state index contributed by atoms with van der Waals surface area (Å²) >= 11 is 0. The Bertz CT molecular complexity index is 832. The highest BCUT2D eigenvalue weighted by Gasteiger charge is 2.21. The predicted octanol–water partition coefficient (Wildman–Crippen LogP) is 3.40. The zero-order valence-corrected chi connectivity index (χ0v) is 14.1. The van der Waals surface area contributed by atoms with E-state index in [1.165, 1.54) is 32.0 Å². The molecule has 0 fully saturated rings. The van der Waals surface area contributed by atoms with E-state index in [0.29, 0.717) is 11.3 Å². The Kier molecular flexibility index (Phi) is 5.49. The average molecular weight is 342 g/mol. The maximum Gasteiger partial charge on any atom is 0.338 e. The highest BCUT2D eigenvalue weighted by atomic mass is 16.6. The number of nitro groups is 1. The summed E-state index contributed by atoms with van der Waals surface area (Å²) in [5.41, 5.74) is 1.94. The van der Waals surface area contributed by atoms with Crippen molar-refractivity contribution in [1.29, 1.82) is 0 Å². The van der Waals surface area contributed by atoms with E-state index in [-0.39, 0.29) is 11.3 Å². The van der Waals surface area contributed by atoms with E-state index in [9.17, 15) is 19.7 Å². The van der Waals surface area contributed by atoms with Gasteiger partial charge in [0, 0.05) is 17.3 Å². The summed E-state index contributed by atoms with van der Waals surface area (Å²) in [7, 11) is 0. The second-order valence-electron chi connectivity index (χ2n) is 5.61. The van der Waals surface area contributed by atoms with Crippen LogP contribution in [0.3, 0.4) is 0 Å². The van der Waals surface area contributed by atoms with Gasteiger partial charge in [-0.2, -0.15) is 0 Å². The third kappa shape index (κ3) is 4.41. The van der Waals surface area contributed by atoms with Gasteiger partial charge in [0.15, 0.2) is 6.10 Å². The first kappa shape index (κ1) is 18.1. The Labute approximate surface area is 144 Å². The summed E-state index contributed by atoms with van der Waals surface area (Å²) in [5, 5.41) is 13.5. The first-order valence-corrected chi connectivity index (χ1v) is 7.62. The highest BCUT2D eigenvalue weighted by molar-refractivity contribution is 5.97. The van der Waals surface area contributed by atoms with E-state index in [4.69, 9.17) is 4.74 Å². The number of nitrogens with zero attached hydrogens (tertiary/aromatic N) is 1. The molecular weight excluding hydrogens is 324 g/mol. The van der Waals surface area contributed by atoms with Gasteiger partial charge < -0.3 is 10.1 Å². The van der Waals surface area contributed by atoms with Crippen molar-refractivity contribution in [3.8, 4) is 0 Å². The Morgan fingerprint density at radius 1 is 1.12 bits per heavy atom. The Morgan fingerprint density at radius 3 is 2.40 bits per heavy atom. The minimum Gasteiger partial charge on any atom is -0.449 e. The van der Waals surface area contributed by atoms with Crippen molar-refractivity contribution in [3.05, 3.63) is 69.3 Å². The molecule has 1 amide bonds. The van der Waals surface area contributed by atoms with E-state index >= 15 is 0 Å². The van der Waals surface area contributed by atoms with E-state index in [1.54, 1.807) is 12.1 Å². The van der Waals surface area contributed by atoms with Crippen LogP contribution in [0.2, 0.25) is 0 Å². The minimum atomic E-state index is -1.01. The summed E-state index contributed by atoms with van der Waals surface area (Å²) in [5.74, 6) is -1.17. The highest BCUT2D eigenvalue weighted by Crippen LogP contribution is 2.20. The van der Waals surface area contributed by atoms with Gasteiger partial charge in [-0.25, -0.2) is 4.79 Å². The molecule has 0 bridgehead atoms. The lowest BCUT2D eigenvalue weighted by atomic mass is 10.1. The quantitative estimate of drug-likeness (QED) is 0.510. The fourth-order valence-electron chi connectivity index (χ4n) is 2.22. The number of ether oxygens (including phenoxy) is 1. The van der Waals surface area contributed by atoms with Gasteiger partial charge in [0.05, 0.1) is 10.5 Å². The van der Waals surface area contributed by atoms with Crippen LogP contribution in [0.5, 0.6) is 0 Å². The van der Waals surface area contributed by atoms with Crippen LogP contribution in [0.15, 0.2) is 42.5 Å². The first-order valence-electron chi connectivity index (χ1n) is 7.62. The van der Waals surface area contributed by atoms with Crippen LogP contribution in [0.25, 0.3) is 0 Å². The molecule has 1 N–H and O–H groups in total. The number of hydrogen-bond acceptors (Lipinski definition) is 5. The average Bonchev–Trinajstić information content (AvgIpc) is 2.56. The predicted molar refractivity (Wildman–Crippen MR) is 92.5 cm³/mol. The maximum atomic E-state index is 12.2. The van der Waals surface area contributed by atoms with Gasteiger partial charge in [0.1, 0.15) is 0 Å². The number of aryl methyl sites for hydroxylation is 2. The lowest BCUT2D eigenvalue weighted by molar-refractivity contribution is -0.385. The topological polar surface area (TPSA) is 98.5 Å². The molecule has 7 heteroatoms. The molecule has 0 saturated carbocycles. The standard InChI is InChI=1S/C18H18N2O5/c1-11-6-4-5-7-15(11)19-17(21)13(3)25-18(22)14-8-9-16(20(23)24)12(2)10-14/h4-10,13H,1-3H3,(H,19,21)/t13-/m1/s1. The minimum absolute atomic E-state index is 0.0816. The number of rotatable bonds is 5. The van der Waals surface area contributed by atoms with Gasteiger partial charge in [-0.3, -0.25) is 14.9 Å². The molecule has 2 aromatic rings. The SMILES string of the molecule is Cc1ccccc1NC(=O)[C@@H](C)OC(=O)c1ccc([N+](=O)[O-])c(C)c1. The van der Waals surface area contributed by atoms with Gasteiger partial charge in [0.25, 0.3) is 11.6 Å². The number of benzene rings is 2. The van der Waals surface area contributed by atoms with Crippen LogP contribution in [-0.2, 0) is 9.53 Å². The summed E-state index contributed by atoms with van der Waals surface area (Å²) in [6, 6.07) is 11.2. The normalized spacial score (nSPS) is 11.5. The van der Waals surface area contributed by atoms with Crippen molar-refractivity contribution in [3.63, 3.8) is 0 Å². The van der Waals surface area contributed by atoms with E-state index < -0.39 is 22.9 Å². The lowest BCUT2D eigenvalue weighted by Gasteiger charge is -2.14. The monoisotopic (exact) mass is 342 g/mol. The number of anilines is 1. The third-order valence-electron chi connectivity index (χ3n) is 3.69. The van der Waals surface area contributed by atoms with Crippen molar-refractivity contribution >= 4 is 23.3 Å². The molecule has 0 radical (unpaired) electrons. The Balaban J connectivity index is 2.04. The van der Waals surface area contributed by atoms with Crippen molar-refractivity contribution in [1.82, 2.24) is 0 Å². The van der Waals surface area contributed by atoms with Crippen LogP contribution in [0.4, 0.5) is 11.4 Å². The molecule has 2 rings (SSSR count). The molecule has 0 spiro atoms. The van der Waals surface area contributed by atoms with Crippen LogP contribution in [-0.4, -0.2) is 22.9 Å². The largest absolute Gasteiger partial charge is 0.449 e. The first-order chi connectivity index (χ1) is 11.8. The summed E-state index contributed by atoms with van der Waals surface area (Å²) in [6.07, 6.45) is -1.01. The van der Waals surface area contributed by atoms with Gasteiger partial charge in [-0.15, -0.1) is 0 Å². The number of nitrogens with one attached hydrogen (secondary N) is 1. The number of nitro benzene ring substituents is 1. The summed E-state index contributed by atoms with van der Waals surface area (Å²) < 4.78 is 5.14. The Morgan fingerprint density at radius 2 is 1.80 bits per heavy atom. The van der Waals surface area contributed by atoms with Gasteiger partial charge in [-0.1, -0.05) is 18.2 Å². The van der Waals surface area contributed by atoms with Crippen molar-refractivity contribution < 1.29 is 19.2 Å². The third-order valence-corrected chi connectivity index (χ3v) is 3.69. The van der Waals surface area contributed by atoms with E-state index in [1.807, 2.05) is 19.1 Å². The van der Waals surface area contributed by atoms with Crippen molar-refractivity contribution in [2.24, 2.45) is 0 Å². The fourth-order valence-corrected chi connectivity index (χ4v) is 2.22. The number of esters is 1. The molecule has 0 unspecified atom stereocenters. The number of para-hydroxylation sites is 1. The molecular formula is C18H18N2O5. The molecule has 0 aromatic heterocycles. The maximum absolute atomic E-state index is 12.2. The molecule has 7 nitrogen and oxygen atoms in total. The van der Waals surface area contributed by atoms with Gasteiger partial charge >= 0.3 is 5.97 Å². The fraction of sp³-hybridized carbons (Fsp3) is 0.222. The molecule has 1 atom stereocenters. The van der Waals surface area contributed by atoms with Gasteiger partial charge in [0.2, 0.25) is 0 Å². The summed E-state index contributed by atoms with van der Waals surface area (Å²) in [6.45, 7) is 4.85. The van der Waals surface area contributed by atoms with Gasteiger partial charge in [-0.05, 0) is 44.5 Å². The number of carbonyl (C=O) groups excluding carboxylic acids is 2. The molecule has 0 saturated heterocycles. The van der Waals surface area contributed by atoms with Crippen LogP contribution >= 0.6 is 0 Å². The molecule has 130 valence electrons. The molecule has 0 aliphatic carbocycles. The number of hydrogen-bond donors (Lipinski definition) is 1. The van der Waals surface area contributed by atoms with Crippen LogP contribution < -0.4 is 5.32 Å². The molecule has 0 aliphatic rings. The molecule has 25 heavy (non-hydrogen) atoms. The zero-order chi connectivity index (χ0) is 18.6. The Hall–Kier alpha value is -3.22. The van der Waals surface area contributed by atoms with E-state index in [0.717, 1.165) is 5.56 Å². The van der Waals surface area contributed by atoms with E-state index in [2.05, 4.69) is 5.32 Å². The molecule has 2 aromatic carbocycles. The molecule has 0 heterocycles. The zero-order valence-electron chi connectivity index (χ0n) is 14.1. The second kappa shape index (κ2) is 7.57. The number of carbonyl (C=O) groups is 2. The second-order valence-corrected chi connectivity index (χ2v) is 5.61. The number of amides is 1. The van der Waals surface area contributed by atoms with Crippen LogP contribution in [0.1, 0.15) is 28.4 Å². The molecule has 0 aliphatic heterocycles. The smallest absolute Gasteiger partial charge is 0.338 e. The lowest BCUT2D eigenvalue weighted by Crippen LogP contribution is -2.30. The summed E-state index contributed by atoms with van der Waals surface area (Å²) in [4.78, 5) is 34.6. The van der Waals surface area contributed by atoms with Crippen molar-refractivity contribution in [2.45, 2.75) is 26.9 Å².